The summed E-state index contributed by atoms with van der Waals surface area (Å²) in [5, 5.41) is 0.138. The predicted molar refractivity (Wildman–Crippen MR) is 60.5 cm³/mol. The fraction of sp³-hybridized carbons (Fsp3) is 0.182. The smallest absolute Gasteiger partial charge is 0.341 e. The van der Waals surface area contributed by atoms with Crippen molar-refractivity contribution in [1.82, 2.24) is 9.97 Å². The van der Waals surface area contributed by atoms with Crippen LogP contribution >= 0.6 is 11.6 Å². The van der Waals surface area contributed by atoms with Crippen LogP contribution < -0.4 is 0 Å². The van der Waals surface area contributed by atoms with E-state index in [2.05, 4.69) is 9.97 Å². The maximum absolute atomic E-state index is 11.5. The molecule has 5 heteroatoms. The van der Waals surface area contributed by atoms with Gasteiger partial charge in [-0.1, -0.05) is 11.6 Å². The van der Waals surface area contributed by atoms with Crippen LogP contribution in [0.4, 0.5) is 0 Å². The summed E-state index contributed by atoms with van der Waals surface area (Å²) < 4.78 is 4.87. The Hall–Kier alpha value is -1.68. The second-order valence-electron chi connectivity index (χ2n) is 3.09. The summed E-state index contributed by atoms with van der Waals surface area (Å²) in [6.07, 6.45) is 1.63. The number of rotatable bonds is 2. The van der Waals surface area contributed by atoms with Crippen molar-refractivity contribution in [2.75, 3.05) is 6.61 Å². The van der Waals surface area contributed by atoms with Crippen molar-refractivity contribution in [2.24, 2.45) is 0 Å². The maximum atomic E-state index is 11.5. The number of pyridine rings is 2. The molecule has 0 atom stereocenters. The van der Waals surface area contributed by atoms with Gasteiger partial charge >= 0.3 is 5.97 Å². The molecule has 0 bridgehead atoms. The zero-order valence-electron chi connectivity index (χ0n) is 8.61. The first kappa shape index (κ1) is 10.8. The number of esters is 1. The van der Waals surface area contributed by atoms with Gasteiger partial charge in [0.15, 0.2) is 0 Å². The average Bonchev–Trinajstić information content (AvgIpc) is 2.28. The second-order valence-corrected chi connectivity index (χ2v) is 3.45. The van der Waals surface area contributed by atoms with Crippen LogP contribution in [0.25, 0.3) is 11.0 Å². The summed E-state index contributed by atoms with van der Waals surface area (Å²) in [6.45, 7) is 2.04. The molecule has 2 aromatic heterocycles. The minimum atomic E-state index is -0.479. The van der Waals surface area contributed by atoms with Crippen LogP contribution in [0.1, 0.15) is 17.3 Å². The van der Waals surface area contributed by atoms with E-state index in [4.69, 9.17) is 16.3 Å². The minimum absolute atomic E-state index is 0.138. The molecule has 0 N–H and O–H groups in total. The van der Waals surface area contributed by atoms with Gasteiger partial charge in [0.2, 0.25) is 0 Å². The summed E-state index contributed by atoms with van der Waals surface area (Å²) >= 11 is 5.89. The lowest BCUT2D eigenvalue weighted by molar-refractivity contribution is 0.0526. The zero-order chi connectivity index (χ0) is 11.5. The molecule has 2 aromatic rings. The molecule has 0 amide bonds. The van der Waals surface area contributed by atoms with Crippen LogP contribution in [0.2, 0.25) is 5.15 Å². The molecule has 0 aliphatic rings. The number of hydrogen-bond donors (Lipinski definition) is 0. The number of ether oxygens (including phenoxy) is 1. The largest absolute Gasteiger partial charge is 0.462 e. The van der Waals surface area contributed by atoms with Gasteiger partial charge in [-0.2, -0.15) is 0 Å². The number of fused-ring (bicyclic) bond motifs is 1. The van der Waals surface area contributed by atoms with Crippen LogP contribution in [0, 0.1) is 0 Å². The van der Waals surface area contributed by atoms with Gasteiger partial charge < -0.3 is 4.74 Å². The Morgan fingerprint density at radius 1 is 1.50 bits per heavy atom. The summed E-state index contributed by atoms with van der Waals surface area (Å²) in [5.41, 5.74) is 1.52. The molecule has 0 unspecified atom stereocenters. The molecule has 4 nitrogen and oxygen atoms in total. The monoisotopic (exact) mass is 236 g/mol. The molecular formula is C11H9ClN2O2. The van der Waals surface area contributed by atoms with Crippen LogP contribution in [0.5, 0.6) is 0 Å². The van der Waals surface area contributed by atoms with Gasteiger partial charge in [0.1, 0.15) is 5.15 Å². The van der Waals surface area contributed by atoms with Gasteiger partial charge in [0.05, 0.1) is 23.2 Å². The van der Waals surface area contributed by atoms with Crippen molar-refractivity contribution in [3.63, 3.8) is 0 Å². The molecule has 0 aliphatic heterocycles. The Morgan fingerprint density at radius 3 is 3.06 bits per heavy atom. The molecule has 0 fully saturated rings. The van der Waals surface area contributed by atoms with Crippen molar-refractivity contribution in [3.05, 3.63) is 35.1 Å². The van der Waals surface area contributed by atoms with E-state index >= 15 is 0 Å². The molecule has 82 valence electrons. The fourth-order valence-corrected chi connectivity index (χ4v) is 1.55. The highest BCUT2D eigenvalue weighted by Crippen LogP contribution is 2.19. The number of aromatic nitrogens is 2. The highest BCUT2D eigenvalue weighted by atomic mass is 35.5. The number of nitrogens with zero attached hydrogens (tertiary/aromatic N) is 2. The molecule has 2 rings (SSSR count). The Balaban J connectivity index is 2.54. The first-order valence-electron chi connectivity index (χ1n) is 4.80. The van der Waals surface area contributed by atoms with E-state index in [1.54, 1.807) is 31.3 Å². The summed E-state index contributed by atoms with van der Waals surface area (Å²) in [4.78, 5) is 19.7. The van der Waals surface area contributed by atoms with E-state index in [-0.39, 0.29) is 10.7 Å². The van der Waals surface area contributed by atoms with E-state index in [1.165, 1.54) is 0 Å². The highest BCUT2D eigenvalue weighted by molar-refractivity contribution is 6.32. The Kier molecular flexibility index (Phi) is 3.01. The second kappa shape index (κ2) is 4.45. The van der Waals surface area contributed by atoms with E-state index in [0.29, 0.717) is 17.6 Å². The van der Waals surface area contributed by atoms with Crippen LogP contribution in [0.15, 0.2) is 24.4 Å². The van der Waals surface area contributed by atoms with Gasteiger partial charge in [-0.25, -0.2) is 9.78 Å². The fourth-order valence-electron chi connectivity index (χ4n) is 1.33. The Bertz CT molecular complexity index is 542. The van der Waals surface area contributed by atoms with Gasteiger partial charge in [-0.3, -0.25) is 4.98 Å². The topological polar surface area (TPSA) is 52.1 Å². The molecule has 16 heavy (non-hydrogen) atoms. The van der Waals surface area contributed by atoms with Gasteiger partial charge in [0, 0.05) is 6.20 Å². The minimum Gasteiger partial charge on any atom is -0.462 e. The van der Waals surface area contributed by atoms with E-state index in [9.17, 15) is 4.79 Å². The standard InChI is InChI=1S/C11H9ClN2O2/c1-2-16-11(15)7-6-9-8(14-10(7)12)4-3-5-13-9/h3-6H,2H2,1H3. The lowest BCUT2D eigenvalue weighted by Crippen LogP contribution is -2.06. The van der Waals surface area contributed by atoms with E-state index in [0.717, 1.165) is 0 Å². The molecule has 0 radical (unpaired) electrons. The number of carbonyl (C=O) groups excluding carboxylic acids is 1. The van der Waals surface area contributed by atoms with Crippen molar-refractivity contribution in [1.29, 1.82) is 0 Å². The number of hydrogen-bond acceptors (Lipinski definition) is 4. The SMILES string of the molecule is CCOC(=O)c1cc2ncccc2nc1Cl. The third-order valence-electron chi connectivity index (χ3n) is 2.03. The van der Waals surface area contributed by atoms with Crippen molar-refractivity contribution >= 4 is 28.6 Å². The maximum Gasteiger partial charge on any atom is 0.341 e. The van der Waals surface area contributed by atoms with Gasteiger partial charge in [0.25, 0.3) is 0 Å². The summed E-state index contributed by atoms with van der Waals surface area (Å²) in [6, 6.07) is 5.13. The van der Waals surface area contributed by atoms with Crippen molar-refractivity contribution in [2.45, 2.75) is 6.92 Å². The first-order valence-corrected chi connectivity index (χ1v) is 5.18. The molecule has 2 heterocycles. The molecule has 0 saturated heterocycles. The molecule has 0 aliphatic carbocycles. The zero-order valence-corrected chi connectivity index (χ0v) is 9.36. The van der Waals surface area contributed by atoms with E-state index < -0.39 is 5.97 Å². The number of halogens is 1. The normalized spacial score (nSPS) is 10.4. The number of carbonyl (C=O) groups is 1. The highest BCUT2D eigenvalue weighted by Gasteiger charge is 2.14. The van der Waals surface area contributed by atoms with Crippen LogP contribution in [-0.4, -0.2) is 22.5 Å². The van der Waals surface area contributed by atoms with Gasteiger partial charge in [-0.05, 0) is 25.1 Å². The van der Waals surface area contributed by atoms with Crippen molar-refractivity contribution < 1.29 is 9.53 Å². The molecule has 0 saturated carbocycles. The van der Waals surface area contributed by atoms with Crippen LogP contribution in [-0.2, 0) is 4.74 Å². The molecular weight excluding hydrogens is 228 g/mol. The van der Waals surface area contributed by atoms with E-state index in [1.807, 2.05) is 0 Å². The van der Waals surface area contributed by atoms with Crippen molar-refractivity contribution in [3.8, 4) is 0 Å². The van der Waals surface area contributed by atoms with Crippen LogP contribution in [0.3, 0.4) is 0 Å². The molecule has 0 aromatic carbocycles. The Labute approximate surface area is 97.2 Å². The lowest BCUT2D eigenvalue weighted by atomic mass is 10.2. The summed E-state index contributed by atoms with van der Waals surface area (Å²) in [5.74, 6) is -0.479. The predicted octanol–water partition coefficient (Wildman–Crippen LogP) is 2.46. The third-order valence-corrected chi connectivity index (χ3v) is 2.32. The third kappa shape index (κ3) is 1.97. The summed E-state index contributed by atoms with van der Waals surface area (Å²) in [7, 11) is 0. The lowest BCUT2D eigenvalue weighted by Gasteiger charge is -2.04. The molecule has 0 spiro atoms. The quantitative estimate of drug-likeness (QED) is 0.594. The van der Waals surface area contributed by atoms with Gasteiger partial charge in [-0.15, -0.1) is 0 Å². The average molecular weight is 237 g/mol. The first-order chi connectivity index (χ1) is 7.72. The Morgan fingerprint density at radius 2 is 2.31 bits per heavy atom.